The van der Waals surface area contributed by atoms with Gasteiger partial charge in [-0.1, -0.05) is 35.5 Å². The van der Waals surface area contributed by atoms with Crippen molar-refractivity contribution >= 4 is 16.6 Å². The van der Waals surface area contributed by atoms with Gasteiger partial charge in [0.1, 0.15) is 5.75 Å². The molecule has 176 valence electrons. The average molecular weight is 481 g/mol. The minimum atomic E-state index is -4.78. The number of rotatable bonds is 6. The lowest BCUT2D eigenvalue weighted by atomic mass is 10.2. The van der Waals surface area contributed by atoms with E-state index in [4.69, 9.17) is 4.52 Å². The quantitative estimate of drug-likeness (QED) is 0.229. The van der Waals surface area contributed by atoms with E-state index in [0.29, 0.717) is 17.8 Å². The van der Waals surface area contributed by atoms with Crippen LogP contribution in [0.3, 0.4) is 0 Å². The first-order chi connectivity index (χ1) is 16.8. The number of fused-ring (bicyclic) bond motifs is 1. The zero-order valence-electron chi connectivity index (χ0n) is 17.6. The first-order valence-electron chi connectivity index (χ1n) is 10.2. The van der Waals surface area contributed by atoms with Gasteiger partial charge < -0.3 is 9.26 Å². The van der Waals surface area contributed by atoms with Crippen LogP contribution in [-0.4, -0.2) is 31.2 Å². The summed E-state index contributed by atoms with van der Waals surface area (Å²) in [6.07, 6.45) is -4.78. The van der Waals surface area contributed by atoms with Crippen LogP contribution in [0.5, 0.6) is 5.75 Å². The largest absolute Gasteiger partial charge is 0.573 e. The molecule has 12 heteroatoms. The molecule has 0 aliphatic heterocycles. The smallest absolute Gasteiger partial charge is 0.406 e. The fourth-order valence-electron chi connectivity index (χ4n) is 3.54. The Morgan fingerprint density at radius 2 is 1.71 bits per heavy atom. The van der Waals surface area contributed by atoms with E-state index < -0.39 is 11.3 Å². The van der Waals surface area contributed by atoms with E-state index in [9.17, 15) is 23.3 Å². The van der Waals surface area contributed by atoms with Gasteiger partial charge in [-0.3, -0.25) is 14.8 Å². The van der Waals surface area contributed by atoms with Crippen LogP contribution in [0, 0.1) is 10.1 Å². The lowest BCUT2D eigenvalue weighted by Crippen LogP contribution is -2.16. The van der Waals surface area contributed by atoms with Crippen molar-refractivity contribution in [1.82, 2.24) is 19.9 Å². The molecule has 0 bridgehead atoms. The topological polar surface area (TPSA) is 109 Å². The molecule has 3 aromatic carbocycles. The van der Waals surface area contributed by atoms with Crippen molar-refractivity contribution < 1.29 is 27.4 Å². The molecule has 0 radical (unpaired) electrons. The van der Waals surface area contributed by atoms with E-state index in [1.165, 1.54) is 24.3 Å². The molecule has 0 N–H and O–H groups in total. The SMILES string of the molecule is O=[N+]([O-])c1ccc(Cn2nc(-c3nc(-c4ccc(OC(F)(F)F)cc4)no3)c3ccccc32)cc1. The third-order valence-corrected chi connectivity index (χ3v) is 5.11. The van der Waals surface area contributed by atoms with Crippen LogP contribution in [0.2, 0.25) is 0 Å². The Balaban J connectivity index is 1.44. The molecule has 0 saturated carbocycles. The van der Waals surface area contributed by atoms with Gasteiger partial charge in [-0.2, -0.15) is 10.1 Å². The minimum Gasteiger partial charge on any atom is -0.406 e. The van der Waals surface area contributed by atoms with E-state index in [-0.39, 0.29) is 23.2 Å². The van der Waals surface area contributed by atoms with Crippen LogP contribution < -0.4 is 4.74 Å². The number of halogens is 3. The van der Waals surface area contributed by atoms with E-state index in [1.54, 1.807) is 16.8 Å². The zero-order chi connectivity index (χ0) is 24.6. The maximum absolute atomic E-state index is 12.4. The number of aromatic nitrogens is 4. The van der Waals surface area contributed by atoms with Gasteiger partial charge in [-0.25, -0.2) is 0 Å². The number of hydrogen-bond donors (Lipinski definition) is 0. The summed E-state index contributed by atoms with van der Waals surface area (Å²) in [5.74, 6) is -0.0530. The maximum atomic E-state index is 12.4. The summed E-state index contributed by atoms with van der Waals surface area (Å²) in [7, 11) is 0. The van der Waals surface area contributed by atoms with Crippen LogP contribution in [0.25, 0.3) is 33.9 Å². The van der Waals surface area contributed by atoms with Gasteiger partial charge >= 0.3 is 6.36 Å². The first kappa shape index (κ1) is 22.1. The van der Waals surface area contributed by atoms with E-state index in [0.717, 1.165) is 28.6 Å². The Bertz CT molecular complexity index is 1510. The van der Waals surface area contributed by atoms with Crippen LogP contribution in [-0.2, 0) is 6.54 Å². The van der Waals surface area contributed by atoms with Gasteiger partial charge in [0.05, 0.1) is 17.0 Å². The fourth-order valence-corrected chi connectivity index (χ4v) is 3.54. The lowest BCUT2D eigenvalue weighted by molar-refractivity contribution is -0.384. The van der Waals surface area contributed by atoms with Crippen LogP contribution in [0.15, 0.2) is 77.3 Å². The zero-order valence-corrected chi connectivity index (χ0v) is 17.6. The number of nitro benzene ring substituents is 1. The average Bonchev–Trinajstić information content (AvgIpc) is 3.44. The van der Waals surface area contributed by atoms with Crippen molar-refractivity contribution in [2.75, 3.05) is 0 Å². The van der Waals surface area contributed by atoms with Crippen molar-refractivity contribution in [2.45, 2.75) is 12.9 Å². The van der Waals surface area contributed by atoms with Crippen molar-refractivity contribution in [2.24, 2.45) is 0 Å². The number of non-ortho nitro benzene ring substituents is 1. The Hall–Kier alpha value is -4.74. The summed E-state index contributed by atoms with van der Waals surface area (Å²) >= 11 is 0. The molecule has 0 unspecified atom stereocenters. The van der Waals surface area contributed by atoms with E-state index >= 15 is 0 Å². The number of alkyl halides is 3. The Morgan fingerprint density at radius 1 is 1.00 bits per heavy atom. The summed E-state index contributed by atoms with van der Waals surface area (Å²) < 4.78 is 48.1. The molecule has 0 aliphatic carbocycles. The first-order valence-corrected chi connectivity index (χ1v) is 10.2. The molecule has 9 nitrogen and oxygen atoms in total. The minimum absolute atomic E-state index is 0.00356. The number of para-hydroxylation sites is 1. The van der Waals surface area contributed by atoms with Crippen molar-refractivity contribution in [3.05, 3.63) is 88.5 Å². The maximum Gasteiger partial charge on any atom is 0.573 e. The number of benzene rings is 3. The highest BCUT2D eigenvalue weighted by Gasteiger charge is 2.31. The van der Waals surface area contributed by atoms with Crippen molar-refractivity contribution in [3.63, 3.8) is 0 Å². The Labute approximate surface area is 194 Å². The third-order valence-electron chi connectivity index (χ3n) is 5.11. The fraction of sp³-hybridized carbons (Fsp3) is 0.0870. The second kappa shape index (κ2) is 8.56. The molecule has 0 fully saturated rings. The molecular weight excluding hydrogens is 467 g/mol. The van der Waals surface area contributed by atoms with Gasteiger partial charge in [0.2, 0.25) is 5.82 Å². The lowest BCUT2D eigenvalue weighted by Gasteiger charge is -2.08. The second-order valence-electron chi connectivity index (χ2n) is 7.44. The van der Waals surface area contributed by atoms with Gasteiger partial charge in [0.25, 0.3) is 11.6 Å². The predicted octanol–water partition coefficient (Wildman–Crippen LogP) is 5.61. The summed E-state index contributed by atoms with van der Waals surface area (Å²) in [5, 5.41) is 20.2. The number of hydrogen-bond acceptors (Lipinski definition) is 7. The van der Waals surface area contributed by atoms with Gasteiger partial charge in [0, 0.05) is 23.1 Å². The van der Waals surface area contributed by atoms with E-state index in [2.05, 4.69) is 20.0 Å². The van der Waals surface area contributed by atoms with Gasteiger partial charge in [-0.05, 0) is 35.9 Å². The predicted molar refractivity (Wildman–Crippen MR) is 117 cm³/mol. The summed E-state index contributed by atoms with van der Waals surface area (Å²) in [5.41, 5.74) is 2.45. The second-order valence-corrected chi connectivity index (χ2v) is 7.44. The van der Waals surface area contributed by atoms with Crippen LogP contribution >= 0.6 is 0 Å². The Morgan fingerprint density at radius 3 is 2.40 bits per heavy atom. The molecule has 5 aromatic rings. The highest BCUT2D eigenvalue weighted by molar-refractivity contribution is 5.91. The normalized spacial score (nSPS) is 11.6. The van der Waals surface area contributed by atoms with Crippen LogP contribution in [0.4, 0.5) is 18.9 Å². The van der Waals surface area contributed by atoms with Crippen molar-refractivity contribution in [1.29, 1.82) is 0 Å². The standard InChI is InChI=1S/C23H14F3N5O4/c24-23(25,26)34-17-11-7-15(8-12-17)21-27-22(35-29-21)20-18-3-1-2-4-19(18)30(28-20)13-14-5-9-16(10-6-14)31(32)33/h1-12H,13H2. The highest BCUT2D eigenvalue weighted by atomic mass is 19.4. The molecule has 0 aliphatic rings. The molecule has 0 saturated heterocycles. The molecule has 0 atom stereocenters. The van der Waals surface area contributed by atoms with Gasteiger partial charge in [0.15, 0.2) is 5.69 Å². The summed E-state index contributed by atoms with van der Waals surface area (Å²) in [6, 6.07) is 18.7. The highest BCUT2D eigenvalue weighted by Crippen LogP contribution is 2.30. The van der Waals surface area contributed by atoms with Crippen LogP contribution in [0.1, 0.15) is 5.56 Å². The molecule has 2 aromatic heterocycles. The van der Waals surface area contributed by atoms with Gasteiger partial charge in [-0.15, -0.1) is 13.2 Å². The molecule has 2 heterocycles. The molecule has 35 heavy (non-hydrogen) atoms. The number of nitrogens with zero attached hydrogens (tertiary/aromatic N) is 5. The monoisotopic (exact) mass is 481 g/mol. The molecule has 0 spiro atoms. The molecular formula is C23H14F3N5O4. The third kappa shape index (κ3) is 4.67. The Kier molecular flexibility index (Phi) is 5.40. The molecule has 5 rings (SSSR count). The summed E-state index contributed by atoms with van der Waals surface area (Å²) in [6.45, 7) is 0.347. The molecule has 0 amide bonds. The summed E-state index contributed by atoms with van der Waals surface area (Å²) in [4.78, 5) is 14.8. The van der Waals surface area contributed by atoms with E-state index in [1.807, 2.05) is 24.3 Å². The number of nitro groups is 1. The van der Waals surface area contributed by atoms with Crippen molar-refractivity contribution in [3.8, 4) is 28.7 Å². The number of ether oxygens (including phenoxy) is 1.